The van der Waals surface area contributed by atoms with E-state index >= 15 is 0 Å². The molecule has 98 valence electrons. The Labute approximate surface area is 113 Å². The first-order chi connectivity index (χ1) is 9.15. The molecule has 0 bridgehead atoms. The van der Waals surface area contributed by atoms with Gasteiger partial charge in [-0.25, -0.2) is 0 Å². The standard InChI is InChI=1S/C16H18N2O/c1-10(2)17-11-7-8-15-13(9-11)16(19)12-5-3-4-6-14(12)18-15/h3-10,12,14,17-18H,1-2H3. The van der Waals surface area contributed by atoms with Crippen LogP contribution in [-0.2, 0) is 0 Å². The number of anilines is 2. The molecule has 2 atom stereocenters. The summed E-state index contributed by atoms with van der Waals surface area (Å²) in [5.74, 6) is 0.124. The van der Waals surface area contributed by atoms with Gasteiger partial charge in [-0.05, 0) is 32.0 Å². The second-order valence-electron chi connectivity index (χ2n) is 5.39. The summed E-state index contributed by atoms with van der Waals surface area (Å²) in [4.78, 5) is 12.5. The summed E-state index contributed by atoms with van der Waals surface area (Å²) in [6.45, 7) is 4.18. The highest BCUT2D eigenvalue weighted by Gasteiger charge is 2.33. The normalized spacial score (nSPS) is 23.8. The Morgan fingerprint density at radius 3 is 2.79 bits per heavy atom. The molecule has 3 rings (SSSR count). The van der Waals surface area contributed by atoms with Gasteiger partial charge in [-0.2, -0.15) is 0 Å². The van der Waals surface area contributed by atoms with Gasteiger partial charge in [0.2, 0.25) is 0 Å². The number of fused-ring (bicyclic) bond motifs is 2. The summed E-state index contributed by atoms with van der Waals surface area (Å²) < 4.78 is 0. The molecule has 0 saturated carbocycles. The van der Waals surface area contributed by atoms with Crippen LogP contribution in [0.1, 0.15) is 24.2 Å². The van der Waals surface area contributed by atoms with E-state index < -0.39 is 0 Å². The first kappa shape index (κ1) is 12.0. The summed E-state index contributed by atoms with van der Waals surface area (Å²) in [5.41, 5.74) is 2.71. The van der Waals surface area contributed by atoms with E-state index in [0.29, 0.717) is 6.04 Å². The van der Waals surface area contributed by atoms with Crippen LogP contribution in [0, 0.1) is 5.92 Å². The molecule has 2 unspecified atom stereocenters. The van der Waals surface area contributed by atoms with Crippen molar-refractivity contribution in [2.75, 3.05) is 10.6 Å². The van der Waals surface area contributed by atoms with Crippen molar-refractivity contribution in [2.24, 2.45) is 5.92 Å². The molecule has 3 heteroatoms. The zero-order valence-corrected chi connectivity index (χ0v) is 11.2. The van der Waals surface area contributed by atoms with Crippen molar-refractivity contribution in [3.63, 3.8) is 0 Å². The smallest absolute Gasteiger partial charge is 0.174 e. The average molecular weight is 254 g/mol. The third kappa shape index (κ3) is 2.16. The minimum atomic E-state index is -0.0770. The van der Waals surface area contributed by atoms with Crippen LogP contribution in [0.4, 0.5) is 11.4 Å². The third-order valence-electron chi connectivity index (χ3n) is 3.50. The second-order valence-corrected chi connectivity index (χ2v) is 5.39. The van der Waals surface area contributed by atoms with Crippen LogP contribution >= 0.6 is 0 Å². The van der Waals surface area contributed by atoms with Gasteiger partial charge in [-0.1, -0.05) is 24.3 Å². The molecule has 1 aromatic carbocycles. The van der Waals surface area contributed by atoms with Crippen LogP contribution in [0.2, 0.25) is 0 Å². The van der Waals surface area contributed by atoms with E-state index in [-0.39, 0.29) is 17.7 Å². The Bertz CT molecular complexity index is 572. The number of allylic oxidation sites excluding steroid dienone is 2. The monoisotopic (exact) mass is 254 g/mol. The number of nitrogens with one attached hydrogen (secondary N) is 2. The van der Waals surface area contributed by atoms with Crippen molar-refractivity contribution in [3.05, 3.63) is 48.1 Å². The van der Waals surface area contributed by atoms with Crippen LogP contribution in [0.5, 0.6) is 0 Å². The zero-order chi connectivity index (χ0) is 13.4. The van der Waals surface area contributed by atoms with Gasteiger partial charge in [0, 0.05) is 23.0 Å². The van der Waals surface area contributed by atoms with Crippen LogP contribution < -0.4 is 10.6 Å². The van der Waals surface area contributed by atoms with Gasteiger partial charge in [0.1, 0.15) is 0 Å². The molecule has 19 heavy (non-hydrogen) atoms. The van der Waals surface area contributed by atoms with E-state index in [9.17, 15) is 4.79 Å². The first-order valence-electron chi connectivity index (χ1n) is 6.71. The number of benzene rings is 1. The molecular formula is C16H18N2O. The molecule has 0 fully saturated rings. The number of ketones is 1. The Morgan fingerprint density at radius 2 is 2.00 bits per heavy atom. The molecule has 0 saturated heterocycles. The maximum atomic E-state index is 12.5. The number of rotatable bonds is 2. The van der Waals surface area contributed by atoms with Gasteiger partial charge in [-0.3, -0.25) is 4.79 Å². The van der Waals surface area contributed by atoms with Crippen LogP contribution in [0.15, 0.2) is 42.5 Å². The predicted octanol–water partition coefficient (Wildman–Crippen LogP) is 3.23. The van der Waals surface area contributed by atoms with E-state index in [1.807, 2.05) is 42.5 Å². The highest BCUT2D eigenvalue weighted by Crippen LogP contribution is 2.33. The number of carbonyl (C=O) groups excluding carboxylic acids is 1. The molecule has 0 amide bonds. The van der Waals surface area contributed by atoms with E-state index in [1.54, 1.807) is 0 Å². The molecule has 1 aromatic rings. The lowest BCUT2D eigenvalue weighted by Gasteiger charge is -2.31. The van der Waals surface area contributed by atoms with Gasteiger partial charge in [0.05, 0.1) is 12.0 Å². The number of Topliss-reactive ketones (excluding diaryl/α,β-unsaturated/α-hetero) is 1. The fourth-order valence-electron chi connectivity index (χ4n) is 2.65. The van der Waals surface area contributed by atoms with Gasteiger partial charge in [0.15, 0.2) is 5.78 Å². The summed E-state index contributed by atoms with van der Waals surface area (Å²) in [6, 6.07) is 6.40. The molecular weight excluding hydrogens is 236 g/mol. The van der Waals surface area contributed by atoms with Crippen molar-refractivity contribution < 1.29 is 4.79 Å². The van der Waals surface area contributed by atoms with E-state index in [0.717, 1.165) is 16.9 Å². The maximum absolute atomic E-state index is 12.5. The molecule has 1 aliphatic heterocycles. The Balaban J connectivity index is 1.97. The van der Waals surface area contributed by atoms with Crippen LogP contribution in [0.25, 0.3) is 0 Å². The van der Waals surface area contributed by atoms with E-state index in [1.165, 1.54) is 0 Å². The maximum Gasteiger partial charge on any atom is 0.174 e. The average Bonchev–Trinajstić information content (AvgIpc) is 2.39. The summed E-state index contributed by atoms with van der Waals surface area (Å²) in [5, 5.41) is 6.76. The molecule has 3 nitrogen and oxygen atoms in total. The highest BCUT2D eigenvalue weighted by molar-refractivity contribution is 6.07. The van der Waals surface area contributed by atoms with Gasteiger partial charge in [-0.15, -0.1) is 0 Å². The fraction of sp³-hybridized carbons (Fsp3) is 0.312. The Hall–Kier alpha value is -2.03. The second kappa shape index (κ2) is 4.57. The fourth-order valence-corrected chi connectivity index (χ4v) is 2.65. The topological polar surface area (TPSA) is 41.1 Å². The first-order valence-corrected chi connectivity index (χ1v) is 6.71. The molecule has 2 aliphatic rings. The SMILES string of the molecule is CC(C)Nc1ccc2c(c1)C(=O)C1C=CC=CC1N2. The summed E-state index contributed by atoms with van der Waals surface area (Å²) >= 11 is 0. The highest BCUT2D eigenvalue weighted by atomic mass is 16.1. The zero-order valence-electron chi connectivity index (χ0n) is 11.2. The Kier molecular flexibility index (Phi) is 2.90. The largest absolute Gasteiger partial charge is 0.383 e. The van der Waals surface area contributed by atoms with Gasteiger partial charge < -0.3 is 10.6 Å². The number of hydrogen-bond acceptors (Lipinski definition) is 3. The summed E-state index contributed by atoms with van der Waals surface area (Å²) in [7, 11) is 0. The van der Waals surface area contributed by atoms with Gasteiger partial charge >= 0.3 is 0 Å². The minimum Gasteiger partial charge on any atom is -0.383 e. The van der Waals surface area contributed by atoms with Crippen molar-refractivity contribution in [1.82, 2.24) is 0 Å². The number of hydrogen-bond donors (Lipinski definition) is 2. The van der Waals surface area contributed by atoms with Crippen LogP contribution in [-0.4, -0.2) is 17.9 Å². The number of carbonyl (C=O) groups is 1. The minimum absolute atomic E-state index is 0.0770. The van der Waals surface area contributed by atoms with Crippen molar-refractivity contribution >= 4 is 17.2 Å². The van der Waals surface area contributed by atoms with Crippen molar-refractivity contribution in [2.45, 2.75) is 25.9 Å². The third-order valence-corrected chi connectivity index (χ3v) is 3.50. The lowest BCUT2D eigenvalue weighted by molar-refractivity contribution is 0.0936. The molecule has 1 heterocycles. The molecule has 0 aromatic heterocycles. The molecule has 0 spiro atoms. The molecule has 0 radical (unpaired) electrons. The molecule has 1 aliphatic carbocycles. The molecule has 2 N–H and O–H groups in total. The quantitative estimate of drug-likeness (QED) is 0.851. The predicted molar refractivity (Wildman–Crippen MR) is 78.7 cm³/mol. The summed E-state index contributed by atoms with van der Waals surface area (Å²) in [6.07, 6.45) is 7.96. The van der Waals surface area contributed by atoms with Crippen molar-refractivity contribution in [1.29, 1.82) is 0 Å². The lowest BCUT2D eigenvalue weighted by Crippen LogP contribution is -2.38. The van der Waals surface area contributed by atoms with E-state index in [4.69, 9.17) is 0 Å². The Morgan fingerprint density at radius 1 is 1.21 bits per heavy atom. The lowest BCUT2D eigenvalue weighted by atomic mass is 9.83. The van der Waals surface area contributed by atoms with Gasteiger partial charge in [0.25, 0.3) is 0 Å². The van der Waals surface area contributed by atoms with Crippen molar-refractivity contribution in [3.8, 4) is 0 Å². The van der Waals surface area contributed by atoms with Crippen LogP contribution in [0.3, 0.4) is 0 Å². The van der Waals surface area contributed by atoms with E-state index in [2.05, 4.69) is 24.5 Å².